The van der Waals surface area contributed by atoms with E-state index in [1.165, 1.54) is 0 Å². The second-order valence-electron chi connectivity index (χ2n) is 8.04. The molecule has 166 valence electrons. The Morgan fingerprint density at radius 1 is 1.19 bits per heavy atom. The van der Waals surface area contributed by atoms with Crippen LogP contribution in [0.15, 0.2) is 36.4 Å². The predicted octanol–water partition coefficient (Wildman–Crippen LogP) is 5.76. The molecule has 2 aliphatic carbocycles. The van der Waals surface area contributed by atoms with E-state index in [0.29, 0.717) is 35.3 Å². The highest BCUT2D eigenvalue weighted by Gasteiger charge is 2.47. The highest BCUT2D eigenvalue weighted by atomic mass is 19.3. The van der Waals surface area contributed by atoms with Crippen LogP contribution in [0, 0.1) is 0 Å². The van der Waals surface area contributed by atoms with Gasteiger partial charge in [-0.05, 0) is 73.9 Å². The van der Waals surface area contributed by atoms with Gasteiger partial charge in [-0.25, -0.2) is 13.6 Å². The Labute approximate surface area is 179 Å². The first-order valence-corrected chi connectivity index (χ1v) is 10.6. The minimum absolute atomic E-state index is 0.156. The Balaban J connectivity index is 1.73. The third-order valence-corrected chi connectivity index (χ3v) is 5.81. The van der Waals surface area contributed by atoms with Crippen molar-refractivity contribution < 1.29 is 32.9 Å². The van der Waals surface area contributed by atoms with Crippen LogP contribution in [0.25, 0.3) is 11.1 Å². The van der Waals surface area contributed by atoms with Gasteiger partial charge < -0.3 is 19.3 Å². The summed E-state index contributed by atoms with van der Waals surface area (Å²) < 4.78 is 45.2. The third-order valence-electron chi connectivity index (χ3n) is 5.81. The molecule has 2 aromatic carbocycles. The van der Waals surface area contributed by atoms with Gasteiger partial charge in [-0.1, -0.05) is 18.2 Å². The van der Waals surface area contributed by atoms with E-state index < -0.39 is 18.0 Å². The average Bonchev–Trinajstić information content (AvgIpc) is 3.53. The SMILES string of the molecule is CCOc1cccc(-c2ccc(OC3(C(=O)O)CCC3)cc2COC2CC2)c1C(F)F. The van der Waals surface area contributed by atoms with Gasteiger partial charge >= 0.3 is 5.97 Å². The molecule has 31 heavy (non-hydrogen) atoms. The van der Waals surface area contributed by atoms with Crippen molar-refractivity contribution in [3.05, 3.63) is 47.5 Å². The summed E-state index contributed by atoms with van der Waals surface area (Å²) in [4.78, 5) is 11.7. The van der Waals surface area contributed by atoms with Gasteiger partial charge in [-0.2, -0.15) is 0 Å². The van der Waals surface area contributed by atoms with Gasteiger partial charge in [-0.15, -0.1) is 0 Å². The monoisotopic (exact) mass is 432 g/mol. The van der Waals surface area contributed by atoms with Gasteiger partial charge in [0.1, 0.15) is 11.5 Å². The molecule has 0 atom stereocenters. The van der Waals surface area contributed by atoms with E-state index in [1.54, 1.807) is 43.3 Å². The van der Waals surface area contributed by atoms with E-state index >= 15 is 0 Å². The Morgan fingerprint density at radius 3 is 2.55 bits per heavy atom. The molecule has 0 heterocycles. The number of halogens is 2. The summed E-state index contributed by atoms with van der Waals surface area (Å²) in [5.41, 5.74) is 0.284. The number of carboxylic acid groups (broad SMARTS) is 1. The molecular weight excluding hydrogens is 406 g/mol. The minimum Gasteiger partial charge on any atom is -0.493 e. The van der Waals surface area contributed by atoms with Crippen molar-refractivity contribution >= 4 is 5.97 Å². The lowest BCUT2D eigenvalue weighted by molar-refractivity contribution is -0.163. The smallest absolute Gasteiger partial charge is 0.348 e. The van der Waals surface area contributed by atoms with Gasteiger partial charge in [0, 0.05) is 0 Å². The van der Waals surface area contributed by atoms with Gasteiger partial charge in [-0.3, -0.25) is 0 Å². The largest absolute Gasteiger partial charge is 0.493 e. The molecule has 1 N–H and O–H groups in total. The van der Waals surface area contributed by atoms with Crippen LogP contribution in [0.4, 0.5) is 8.78 Å². The number of rotatable bonds is 10. The van der Waals surface area contributed by atoms with Gasteiger partial charge in [0.25, 0.3) is 6.43 Å². The number of aliphatic carboxylic acids is 1. The summed E-state index contributed by atoms with van der Waals surface area (Å²) in [6.45, 7) is 2.27. The molecule has 5 nitrogen and oxygen atoms in total. The summed E-state index contributed by atoms with van der Waals surface area (Å²) in [5, 5.41) is 9.56. The van der Waals surface area contributed by atoms with Gasteiger partial charge in [0.15, 0.2) is 0 Å². The van der Waals surface area contributed by atoms with Crippen LogP contribution in [0.3, 0.4) is 0 Å². The van der Waals surface area contributed by atoms with Crippen LogP contribution in [0.2, 0.25) is 0 Å². The highest BCUT2D eigenvalue weighted by molar-refractivity contribution is 5.79. The number of ether oxygens (including phenoxy) is 3. The van der Waals surface area contributed by atoms with Crippen molar-refractivity contribution in [2.45, 2.75) is 63.8 Å². The first-order valence-electron chi connectivity index (χ1n) is 10.6. The summed E-state index contributed by atoms with van der Waals surface area (Å²) in [5.74, 6) is -0.425. The number of hydrogen-bond donors (Lipinski definition) is 1. The maximum absolute atomic E-state index is 14.0. The van der Waals surface area contributed by atoms with Crippen molar-refractivity contribution in [3.63, 3.8) is 0 Å². The molecule has 2 saturated carbocycles. The Morgan fingerprint density at radius 2 is 1.97 bits per heavy atom. The Kier molecular flexibility index (Phi) is 6.14. The lowest BCUT2D eigenvalue weighted by atomic mass is 9.80. The number of carbonyl (C=O) groups is 1. The molecular formula is C24H26F2O5. The normalized spacial score (nSPS) is 17.3. The summed E-state index contributed by atoms with van der Waals surface area (Å²) in [6.07, 6.45) is 1.12. The van der Waals surface area contributed by atoms with E-state index in [9.17, 15) is 18.7 Å². The molecule has 4 rings (SSSR count). The van der Waals surface area contributed by atoms with Gasteiger partial charge in [0.05, 0.1) is 24.9 Å². The molecule has 2 fully saturated rings. The van der Waals surface area contributed by atoms with Crippen molar-refractivity contribution in [1.82, 2.24) is 0 Å². The zero-order valence-electron chi connectivity index (χ0n) is 17.4. The van der Waals surface area contributed by atoms with E-state index in [-0.39, 0.29) is 30.6 Å². The zero-order chi connectivity index (χ0) is 22.0. The van der Waals surface area contributed by atoms with Crippen LogP contribution < -0.4 is 9.47 Å². The second-order valence-corrected chi connectivity index (χ2v) is 8.04. The fraction of sp³-hybridized carbons (Fsp3) is 0.458. The molecule has 0 aliphatic heterocycles. The molecule has 0 spiro atoms. The molecule has 2 aliphatic rings. The van der Waals surface area contributed by atoms with Crippen LogP contribution in [0.5, 0.6) is 11.5 Å². The maximum atomic E-state index is 14.0. The standard InChI is InChI=1S/C24H26F2O5/c1-2-29-20-6-3-5-19(21(20)22(25)26)18-10-9-17(13-15(18)14-30-16-7-8-16)31-24(23(27)28)11-4-12-24/h3,5-6,9-10,13,16,22H,2,4,7-8,11-12,14H2,1H3,(H,27,28). The summed E-state index contributed by atoms with van der Waals surface area (Å²) in [6, 6.07) is 9.93. The second kappa shape index (κ2) is 8.83. The van der Waals surface area contributed by atoms with Crippen molar-refractivity contribution in [2.75, 3.05) is 6.61 Å². The lowest BCUT2D eigenvalue weighted by Crippen LogP contribution is -2.50. The fourth-order valence-corrected chi connectivity index (χ4v) is 3.83. The Hall–Kier alpha value is -2.67. The molecule has 7 heteroatoms. The molecule has 0 unspecified atom stereocenters. The van der Waals surface area contributed by atoms with Crippen LogP contribution in [0.1, 0.15) is 56.6 Å². The lowest BCUT2D eigenvalue weighted by Gasteiger charge is -2.37. The quantitative estimate of drug-likeness (QED) is 0.518. The fourth-order valence-electron chi connectivity index (χ4n) is 3.83. The van der Waals surface area contributed by atoms with Crippen LogP contribution >= 0.6 is 0 Å². The number of carboxylic acids is 1. The first kappa shape index (κ1) is 21.6. The summed E-state index contributed by atoms with van der Waals surface area (Å²) in [7, 11) is 0. The molecule has 0 saturated heterocycles. The number of alkyl halides is 2. The zero-order valence-corrected chi connectivity index (χ0v) is 17.4. The molecule has 0 amide bonds. The van der Waals surface area contributed by atoms with Crippen molar-refractivity contribution in [2.24, 2.45) is 0 Å². The van der Waals surface area contributed by atoms with Crippen LogP contribution in [-0.4, -0.2) is 29.4 Å². The maximum Gasteiger partial charge on any atom is 0.348 e. The molecule has 0 bridgehead atoms. The molecule has 0 radical (unpaired) electrons. The summed E-state index contributed by atoms with van der Waals surface area (Å²) >= 11 is 0. The van der Waals surface area contributed by atoms with Crippen molar-refractivity contribution in [1.29, 1.82) is 0 Å². The number of hydrogen-bond acceptors (Lipinski definition) is 4. The van der Waals surface area contributed by atoms with E-state index in [4.69, 9.17) is 14.2 Å². The Bertz CT molecular complexity index is 951. The highest BCUT2D eigenvalue weighted by Crippen LogP contribution is 2.42. The van der Waals surface area contributed by atoms with E-state index in [1.807, 2.05) is 0 Å². The van der Waals surface area contributed by atoms with E-state index in [2.05, 4.69) is 0 Å². The number of benzene rings is 2. The van der Waals surface area contributed by atoms with Crippen molar-refractivity contribution in [3.8, 4) is 22.6 Å². The molecule has 0 aromatic heterocycles. The first-order chi connectivity index (χ1) is 14.9. The van der Waals surface area contributed by atoms with E-state index in [0.717, 1.165) is 19.3 Å². The van der Waals surface area contributed by atoms with Crippen LogP contribution in [-0.2, 0) is 16.1 Å². The molecule has 2 aromatic rings. The third kappa shape index (κ3) is 4.51. The minimum atomic E-state index is -2.71. The predicted molar refractivity (Wildman–Crippen MR) is 111 cm³/mol. The topological polar surface area (TPSA) is 65.0 Å². The average molecular weight is 432 g/mol. The van der Waals surface area contributed by atoms with Gasteiger partial charge in [0.2, 0.25) is 5.60 Å².